The second-order valence-corrected chi connectivity index (χ2v) is 9.20. The number of nitrogens with one attached hydrogen (secondary N) is 2. The number of rotatable bonds is 6. The van der Waals surface area contributed by atoms with Crippen LogP contribution in [0.2, 0.25) is 0 Å². The monoisotopic (exact) mass is 500 g/mol. The van der Waals surface area contributed by atoms with Gasteiger partial charge in [-0.15, -0.1) is 0 Å². The van der Waals surface area contributed by atoms with Crippen LogP contribution >= 0.6 is 0 Å². The minimum absolute atomic E-state index is 0.0782. The maximum absolute atomic E-state index is 13.3. The van der Waals surface area contributed by atoms with Crippen molar-refractivity contribution in [3.05, 3.63) is 70.8 Å². The molecule has 190 valence electrons. The predicted octanol–water partition coefficient (Wildman–Crippen LogP) is 5.21. The lowest BCUT2D eigenvalue weighted by Crippen LogP contribution is -2.60. The van der Waals surface area contributed by atoms with E-state index in [0.717, 1.165) is 18.4 Å². The summed E-state index contributed by atoms with van der Waals surface area (Å²) in [5.41, 5.74) is -3.21. The molecule has 2 fully saturated rings. The Labute approximate surface area is 199 Å². The second kappa shape index (κ2) is 9.81. The van der Waals surface area contributed by atoms with Gasteiger partial charge in [0.2, 0.25) is 5.91 Å². The number of benzene rings is 2. The van der Waals surface area contributed by atoms with Crippen molar-refractivity contribution in [1.82, 2.24) is 10.6 Å². The maximum Gasteiger partial charge on any atom is 0.416 e. The van der Waals surface area contributed by atoms with Crippen molar-refractivity contribution in [3.63, 3.8) is 0 Å². The van der Waals surface area contributed by atoms with E-state index in [9.17, 15) is 31.1 Å². The van der Waals surface area contributed by atoms with Gasteiger partial charge in [0.25, 0.3) is 0 Å². The summed E-state index contributed by atoms with van der Waals surface area (Å²) in [4.78, 5) is 13.3. The first-order valence-electron chi connectivity index (χ1n) is 11.4. The molecule has 1 aliphatic carbocycles. The van der Waals surface area contributed by atoms with E-state index in [2.05, 4.69) is 10.6 Å². The van der Waals surface area contributed by atoms with Gasteiger partial charge in [-0.05, 0) is 55.0 Å². The lowest BCUT2D eigenvalue weighted by Gasteiger charge is -2.48. The highest BCUT2D eigenvalue weighted by atomic mass is 19.4. The Morgan fingerprint density at radius 1 is 0.886 bits per heavy atom. The van der Waals surface area contributed by atoms with Gasteiger partial charge in [0, 0.05) is 31.8 Å². The molecule has 1 amide bonds. The first-order chi connectivity index (χ1) is 16.5. The summed E-state index contributed by atoms with van der Waals surface area (Å²) in [5.74, 6) is -0.417. The average molecular weight is 500 g/mol. The van der Waals surface area contributed by atoms with Crippen molar-refractivity contribution in [2.24, 2.45) is 0 Å². The van der Waals surface area contributed by atoms with Crippen LogP contribution in [0.15, 0.2) is 48.5 Å². The van der Waals surface area contributed by atoms with Crippen LogP contribution in [0.1, 0.15) is 47.9 Å². The first-order valence-corrected chi connectivity index (χ1v) is 11.4. The molecule has 35 heavy (non-hydrogen) atoms. The molecule has 0 unspecified atom stereocenters. The molecule has 10 heteroatoms. The quantitative estimate of drug-likeness (QED) is 0.536. The Hall–Kier alpha value is -2.59. The molecule has 0 radical (unpaired) electrons. The molecule has 0 aromatic heterocycles. The number of halogens is 6. The zero-order valence-electron chi connectivity index (χ0n) is 18.8. The molecule has 1 aliphatic heterocycles. The van der Waals surface area contributed by atoms with Crippen LogP contribution in [0.4, 0.5) is 26.3 Å². The van der Waals surface area contributed by atoms with Gasteiger partial charge in [-0.1, -0.05) is 30.3 Å². The fraction of sp³-hybridized carbons (Fsp3) is 0.480. The van der Waals surface area contributed by atoms with Crippen LogP contribution in [0.25, 0.3) is 0 Å². The molecule has 2 aliphatic rings. The smallest absolute Gasteiger partial charge is 0.381 e. The van der Waals surface area contributed by atoms with Gasteiger partial charge in [0.15, 0.2) is 0 Å². The van der Waals surface area contributed by atoms with E-state index in [1.54, 1.807) is 12.1 Å². The standard InChI is InChI=1S/C25H26F6N2O2/c26-24(27,28)18-10-16(11-19(12-18)25(29,30)31)15-32-22(34)23(17-4-2-1-3-5-17)13-21(14-23)33-20-6-8-35-9-7-20/h1-5,10-12,20-21,33H,6-9,13-15H2,(H,32,34). The normalized spacial score (nSPS) is 23.5. The molecule has 1 saturated carbocycles. The molecule has 0 spiro atoms. The minimum Gasteiger partial charge on any atom is -0.381 e. The van der Waals surface area contributed by atoms with Gasteiger partial charge in [0.05, 0.1) is 16.5 Å². The summed E-state index contributed by atoms with van der Waals surface area (Å²) in [6.45, 7) is 0.898. The number of carbonyl (C=O) groups excluding carboxylic acids is 1. The van der Waals surface area contributed by atoms with Gasteiger partial charge in [-0.3, -0.25) is 4.79 Å². The van der Waals surface area contributed by atoms with E-state index in [1.807, 2.05) is 18.2 Å². The van der Waals surface area contributed by atoms with Gasteiger partial charge < -0.3 is 15.4 Å². The summed E-state index contributed by atoms with van der Waals surface area (Å²) < 4.78 is 84.4. The van der Waals surface area contributed by atoms with Gasteiger partial charge >= 0.3 is 12.4 Å². The third-order valence-electron chi connectivity index (χ3n) is 6.74. The van der Waals surface area contributed by atoms with E-state index >= 15 is 0 Å². The van der Waals surface area contributed by atoms with Crippen molar-refractivity contribution in [2.75, 3.05) is 13.2 Å². The highest BCUT2D eigenvalue weighted by molar-refractivity contribution is 5.89. The molecule has 4 nitrogen and oxygen atoms in total. The van der Waals surface area contributed by atoms with Crippen LogP contribution in [-0.4, -0.2) is 31.2 Å². The Morgan fingerprint density at radius 3 is 2.00 bits per heavy atom. The van der Waals surface area contributed by atoms with E-state index in [-0.39, 0.29) is 23.7 Å². The lowest BCUT2D eigenvalue weighted by molar-refractivity contribution is -0.143. The molecule has 1 heterocycles. The zero-order chi connectivity index (χ0) is 25.3. The van der Waals surface area contributed by atoms with E-state index in [1.165, 1.54) is 0 Å². The van der Waals surface area contributed by atoms with Crippen LogP contribution in [0, 0.1) is 0 Å². The Bertz CT molecular complexity index is 994. The second-order valence-electron chi connectivity index (χ2n) is 9.20. The van der Waals surface area contributed by atoms with Crippen LogP contribution < -0.4 is 10.6 Å². The van der Waals surface area contributed by atoms with Crippen LogP contribution in [0.5, 0.6) is 0 Å². The highest BCUT2D eigenvalue weighted by Gasteiger charge is 2.51. The molecule has 2 N–H and O–H groups in total. The Balaban J connectivity index is 1.50. The zero-order valence-corrected chi connectivity index (χ0v) is 18.8. The maximum atomic E-state index is 13.3. The largest absolute Gasteiger partial charge is 0.416 e. The summed E-state index contributed by atoms with van der Waals surface area (Å²) in [5, 5.41) is 6.15. The molecule has 1 saturated heterocycles. The van der Waals surface area contributed by atoms with Crippen LogP contribution in [-0.2, 0) is 33.8 Å². The van der Waals surface area contributed by atoms with Gasteiger partial charge in [-0.25, -0.2) is 0 Å². The molecule has 2 aromatic rings. The number of hydrogen-bond acceptors (Lipinski definition) is 3. The van der Waals surface area contributed by atoms with Gasteiger partial charge in [-0.2, -0.15) is 26.3 Å². The number of ether oxygens (including phenoxy) is 1. The summed E-state index contributed by atoms with van der Waals surface area (Å²) in [7, 11) is 0. The number of amides is 1. The van der Waals surface area contributed by atoms with Crippen molar-refractivity contribution in [1.29, 1.82) is 0 Å². The highest BCUT2D eigenvalue weighted by Crippen LogP contribution is 2.45. The molecule has 4 rings (SSSR count). The minimum atomic E-state index is -4.94. The average Bonchev–Trinajstić information content (AvgIpc) is 2.79. The summed E-state index contributed by atoms with van der Waals surface area (Å²) in [6.07, 6.45) is -7.17. The van der Waals surface area contributed by atoms with Crippen molar-refractivity contribution >= 4 is 5.91 Å². The third kappa shape index (κ3) is 5.81. The van der Waals surface area contributed by atoms with Gasteiger partial charge in [0.1, 0.15) is 0 Å². The SMILES string of the molecule is O=C(NCc1cc(C(F)(F)F)cc(C(F)(F)F)c1)C1(c2ccccc2)CC(NC2CCOCC2)C1. The fourth-order valence-corrected chi connectivity index (χ4v) is 4.88. The molecule has 2 aromatic carbocycles. The molecular formula is C25H26F6N2O2. The Kier molecular flexibility index (Phi) is 7.15. The predicted molar refractivity (Wildman–Crippen MR) is 116 cm³/mol. The number of alkyl halides is 6. The first kappa shape index (κ1) is 25.5. The van der Waals surface area contributed by atoms with E-state index < -0.39 is 41.3 Å². The van der Waals surface area contributed by atoms with Crippen molar-refractivity contribution < 1.29 is 35.9 Å². The molecular weight excluding hydrogens is 474 g/mol. The summed E-state index contributed by atoms with van der Waals surface area (Å²) in [6, 6.07) is 10.8. The van der Waals surface area contributed by atoms with Crippen molar-refractivity contribution in [2.45, 2.75) is 62.1 Å². The lowest BCUT2D eigenvalue weighted by atomic mass is 9.60. The molecule has 0 bridgehead atoms. The van der Waals surface area contributed by atoms with Crippen LogP contribution in [0.3, 0.4) is 0 Å². The van der Waals surface area contributed by atoms with E-state index in [4.69, 9.17) is 4.74 Å². The van der Waals surface area contributed by atoms with E-state index in [0.29, 0.717) is 38.2 Å². The Morgan fingerprint density at radius 2 is 1.46 bits per heavy atom. The summed E-state index contributed by atoms with van der Waals surface area (Å²) >= 11 is 0. The topological polar surface area (TPSA) is 50.4 Å². The number of hydrogen-bond donors (Lipinski definition) is 2. The van der Waals surface area contributed by atoms with Crippen molar-refractivity contribution in [3.8, 4) is 0 Å². The third-order valence-corrected chi connectivity index (χ3v) is 6.74. The molecule has 0 atom stereocenters. The fourth-order valence-electron chi connectivity index (χ4n) is 4.88. The number of carbonyl (C=O) groups is 1.